The third-order valence-corrected chi connectivity index (χ3v) is 4.69. The number of halogens is 2. The molecule has 0 heterocycles. The maximum atomic E-state index is 12.6. The molecule has 0 saturated heterocycles. The maximum absolute atomic E-state index is 12.6. The number of amides is 2. The first kappa shape index (κ1) is 22.2. The molecule has 2 N–H and O–H groups in total. The van der Waals surface area contributed by atoms with E-state index in [0.29, 0.717) is 51.1 Å². The number of benzene rings is 2. The van der Waals surface area contributed by atoms with Crippen LogP contribution in [-0.4, -0.2) is 18.4 Å². The molecule has 2 aromatic rings. The number of hydrogen-bond acceptors (Lipinski definition) is 3. The Balaban J connectivity index is 2.11. The van der Waals surface area contributed by atoms with E-state index in [4.69, 9.17) is 16.3 Å². The molecular weight excluding hydrogens is 444 g/mol. The molecule has 0 aliphatic carbocycles. The first-order valence-electron chi connectivity index (χ1n) is 9.13. The first-order chi connectivity index (χ1) is 13.3. The van der Waals surface area contributed by atoms with Crippen LogP contribution in [0.5, 0.6) is 5.75 Å². The van der Waals surface area contributed by atoms with Gasteiger partial charge in [-0.25, -0.2) is 0 Å². The zero-order valence-electron chi connectivity index (χ0n) is 16.1. The Hall–Kier alpha value is -2.05. The standard InChI is InChI=1S/C21H24BrClN2O3/c1-4-5-20(26)24-15-7-8-17(23)18(11-15)25-21(27)14-6-9-19(16(22)10-14)28-12-13(2)3/h6-11,13H,4-5,12H2,1-3H3,(H,24,26)(H,25,27). The molecule has 0 bridgehead atoms. The van der Waals surface area contributed by atoms with Gasteiger partial charge in [0.2, 0.25) is 5.91 Å². The summed E-state index contributed by atoms with van der Waals surface area (Å²) in [5.41, 5.74) is 1.47. The van der Waals surface area contributed by atoms with Gasteiger partial charge in [-0.1, -0.05) is 32.4 Å². The van der Waals surface area contributed by atoms with E-state index >= 15 is 0 Å². The largest absolute Gasteiger partial charge is 0.492 e. The summed E-state index contributed by atoms with van der Waals surface area (Å²) >= 11 is 9.64. The number of anilines is 2. The van der Waals surface area contributed by atoms with E-state index < -0.39 is 0 Å². The Morgan fingerprint density at radius 2 is 1.89 bits per heavy atom. The summed E-state index contributed by atoms with van der Waals surface area (Å²) in [6.07, 6.45) is 1.19. The van der Waals surface area contributed by atoms with E-state index in [9.17, 15) is 9.59 Å². The normalized spacial score (nSPS) is 10.6. The zero-order valence-corrected chi connectivity index (χ0v) is 18.5. The van der Waals surface area contributed by atoms with Gasteiger partial charge in [-0.2, -0.15) is 0 Å². The molecule has 0 saturated carbocycles. The fraction of sp³-hybridized carbons (Fsp3) is 0.333. The van der Waals surface area contributed by atoms with Gasteiger partial charge < -0.3 is 15.4 Å². The van der Waals surface area contributed by atoms with E-state index in [-0.39, 0.29) is 11.8 Å². The molecule has 7 heteroatoms. The molecule has 0 aliphatic rings. The van der Waals surface area contributed by atoms with E-state index in [2.05, 4.69) is 40.4 Å². The highest BCUT2D eigenvalue weighted by Gasteiger charge is 2.13. The lowest BCUT2D eigenvalue weighted by Crippen LogP contribution is -2.14. The summed E-state index contributed by atoms with van der Waals surface area (Å²) < 4.78 is 6.40. The van der Waals surface area contributed by atoms with E-state index in [1.54, 1.807) is 36.4 Å². The Morgan fingerprint density at radius 1 is 1.14 bits per heavy atom. The fourth-order valence-electron chi connectivity index (χ4n) is 2.36. The minimum atomic E-state index is -0.310. The number of rotatable bonds is 8. The van der Waals surface area contributed by atoms with Crippen LogP contribution in [0, 0.1) is 5.92 Å². The highest BCUT2D eigenvalue weighted by atomic mass is 79.9. The average Bonchev–Trinajstić information content (AvgIpc) is 2.63. The lowest BCUT2D eigenvalue weighted by atomic mass is 10.2. The Morgan fingerprint density at radius 3 is 2.54 bits per heavy atom. The van der Waals surface area contributed by atoms with Gasteiger partial charge in [-0.15, -0.1) is 0 Å². The third kappa shape index (κ3) is 6.53. The number of nitrogens with one attached hydrogen (secondary N) is 2. The highest BCUT2D eigenvalue weighted by molar-refractivity contribution is 9.10. The second-order valence-corrected chi connectivity index (χ2v) is 8.06. The second kappa shape index (κ2) is 10.5. The van der Waals surface area contributed by atoms with Crippen molar-refractivity contribution in [3.8, 4) is 5.75 Å². The molecule has 150 valence electrons. The van der Waals surface area contributed by atoms with Crippen LogP contribution >= 0.6 is 27.5 Å². The van der Waals surface area contributed by atoms with E-state index in [1.165, 1.54) is 0 Å². The van der Waals surface area contributed by atoms with E-state index in [1.807, 2.05) is 6.92 Å². The molecule has 0 aliphatic heterocycles. The summed E-state index contributed by atoms with van der Waals surface area (Å²) in [6.45, 7) is 6.66. The van der Waals surface area contributed by atoms with Crippen molar-refractivity contribution in [2.75, 3.05) is 17.2 Å². The first-order valence-corrected chi connectivity index (χ1v) is 10.3. The maximum Gasteiger partial charge on any atom is 0.255 e. The van der Waals surface area contributed by atoms with Crippen LogP contribution in [0.1, 0.15) is 44.0 Å². The second-order valence-electron chi connectivity index (χ2n) is 6.80. The summed E-state index contributed by atoms with van der Waals surface area (Å²) in [5, 5.41) is 5.96. The lowest BCUT2D eigenvalue weighted by molar-refractivity contribution is -0.116. The van der Waals surface area contributed by atoms with Crippen molar-refractivity contribution in [3.63, 3.8) is 0 Å². The van der Waals surface area contributed by atoms with Gasteiger partial charge in [-0.3, -0.25) is 9.59 Å². The van der Waals surface area contributed by atoms with Crippen LogP contribution in [0.2, 0.25) is 5.02 Å². The predicted octanol–water partition coefficient (Wildman–Crippen LogP) is 6.13. The van der Waals surface area contributed by atoms with Gasteiger partial charge in [0.25, 0.3) is 5.91 Å². The van der Waals surface area contributed by atoms with Gasteiger partial charge in [0.15, 0.2) is 0 Å². The molecule has 0 spiro atoms. The summed E-state index contributed by atoms with van der Waals surface area (Å²) in [5.74, 6) is 0.698. The van der Waals surface area contributed by atoms with Crippen molar-refractivity contribution in [1.29, 1.82) is 0 Å². The molecule has 0 atom stereocenters. The number of ether oxygens (including phenoxy) is 1. The van der Waals surface area contributed by atoms with Crippen molar-refractivity contribution in [3.05, 3.63) is 51.5 Å². The van der Waals surface area contributed by atoms with Gasteiger partial charge >= 0.3 is 0 Å². The molecule has 28 heavy (non-hydrogen) atoms. The molecule has 0 radical (unpaired) electrons. The van der Waals surface area contributed by atoms with Crippen molar-refractivity contribution in [2.24, 2.45) is 5.92 Å². The average molecular weight is 468 g/mol. The SMILES string of the molecule is CCCC(=O)Nc1ccc(Cl)c(NC(=O)c2ccc(OCC(C)C)c(Br)c2)c1. The predicted molar refractivity (Wildman–Crippen MR) is 117 cm³/mol. The Bertz CT molecular complexity index is 856. The molecule has 5 nitrogen and oxygen atoms in total. The van der Waals surface area contributed by atoms with Crippen LogP contribution in [0.15, 0.2) is 40.9 Å². The Kier molecular flexibility index (Phi) is 8.33. The number of carbonyl (C=O) groups is 2. The fourth-order valence-corrected chi connectivity index (χ4v) is 3.02. The zero-order chi connectivity index (χ0) is 20.7. The molecule has 2 amide bonds. The summed E-state index contributed by atoms with van der Waals surface area (Å²) in [6, 6.07) is 10.1. The van der Waals surface area contributed by atoms with Gasteiger partial charge in [-0.05, 0) is 64.7 Å². The number of hydrogen-bond donors (Lipinski definition) is 2. The third-order valence-electron chi connectivity index (χ3n) is 3.74. The highest BCUT2D eigenvalue weighted by Crippen LogP contribution is 2.29. The molecular formula is C21H24BrClN2O3. The van der Waals surface area contributed by atoms with Crippen LogP contribution in [-0.2, 0) is 4.79 Å². The van der Waals surface area contributed by atoms with Crippen LogP contribution < -0.4 is 15.4 Å². The van der Waals surface area contributed by atoms with Crippen molar-refractivity contribution < 1.29 is 14.3 Å². The minimum absolute atomic E-state index is 0.0805. The van der Waals surface area contributed by atoms with Crippen molar-refractivity contribution in [1.82, 2.24) is 0 Å². The van der Waals surface area contributed by atoms with Crippen LogP contribution in [0.25, 0.3) is 0 Å². The molecule has 0 fully saturated rings. The van der Waals surface area contributed by atoms with Crippen molar-refractivity contribution in [2.45, 2.75) is 33.6 Å². The molecule has 0 aromatic heterocycles. The van der Waals surface area contributed by atoms with Crippen LogP contribution in [0.3, 0.4) is 0 Å². The summed E-state index contributed by atoms with van der Waals surface area (Å²) in [4.78, 5) is 24.4. The topological polar surface area (TPSA) is 67.4 Å². The van der Waals surface area contributed by atoms with Gasteiger partial charge in [0.05, 0.1) is 21.8 Å². The van der Waals surface area contributed by atoms with E-state index in [0.717, 1.165) is 6.42 Å². The molecule has 2 rings (SSSR count). The Labute approximate surface area is 178 Å². The van der Waals surface area contributed by atoms with Crippen molar-refractivity contribution >= 4 is 50.7 Å². The lowest BCUT2D eigenvalue weighted by Gasteiger charge is -2.13. The quantitative estimate of drug-likeness (QED) is 0.491. The van der Waals surface area contributed by atoms with Gasteiger partial charge in [0, 0.05) is 17.7 Å². The molecule has 0 unspecified atom stereocenters. The molecule has 2 aromatic carbocycles. The van der Waals surface area contributed by atoms with Crippen LogP contribution in [0.4, 0.5) is 11.4 Å². The number of carbonyl (C=O) groups excluding carboxylic acids is 2. The summed E-state index contributed by atoms with van der Waals surface area (Å²) in [7, 11) is 0. The minimum Gasteiger partial charge on any atom is -0.492 e. The smallest absolute Gasteiger partial charge is 0.255 e. The van der Waals surface area contributed by atoms with Gasteiger partial charge in [0.1, 0.15) is 5.75 Å². The monoisotopic (exact) mass is 466 g/mol.